The van der Waals surface area contributed by atoms with Gasteiger partial charge in [-0.3, -0.25) is 4.79 Å². The van der Waals surface area contributed by atoms with Crippen LogP contribution in [0.25, 0.3) is 11.1 Å². The summed E-state index contributed by atoms with van der Waals surface area (Å²) in [6, 6.07) is 11.2. The molecule has 4 rings (SSSR count). The Morgan fingerprint density at radius 1 is 1.17 bits per heavy atom. The summed E-state index contributed by atoms with van der Waals surface area (Å²) in [6.07, 6.45) is 8.25. The molecule has 2 aromatic rings. The van der Waals surface area contributed by atoms with Crippen molar-refractivity contribution in [2.24, 2.45) is 5.41 Å². The molecule has 1 aliphatic carbocycles. The quantitative estimate of drug-likeness (QED) is 0.781. The topological polar surface area (TPSA) is 68.5 Å². The number of benzene rings is 1. The van der Waals surface area contributed by atoms with E-state index in [1.807, 2.05) is 30.3 Å². The van der Waals surface area contributed by atoms with Crippen LogP contribution in [0, 0.1) is 5.41 Å². The third-order valence-corrected chi connectivity index (χ3v) is 7.89. The molecule has 0 amide bonds. The Morgan fingerprint density at radius 2 is 1.86 bits per heavy atom. The predicted molar refractivity (Wildman–Crippen MR) is 116 cm³/mol. The van der Waals surface area contributed by atoms with Gasteiger partial charge in [-0.15, -0.1) is 0 Å². The lowest BCUT2D eigenvalue weighted by Gasteiger charge is -2.51. The first kappa shape index (κ1) is 20.7. The number of piperidine rings is 1. The zero-order chi connectivity index (χ0) is 20.6. The van der Waals surface area contributed by atoms with E-state index in [4.69, 9.17) is 0 Å². The van der Waals surface area contributed by atoms with Crippen molar-refractivity contribution in [3.63, 3.8) is 0 Å². The van der Waals surface area contributed by atoms with Gasteiger partial charge in [0.05, 0.1) is 18.3 Å². The summed E-state index contributed by atoms with van der Waals surface area (Å²) in [5, 5.41) is 11.8. The van der Waals surface area contributed by atoms with E-state index in [0.29, 0.717) is 16.9 Å². The highest BCUT2D eigenvalue weighted by atomic mass is 32.2. The molecule has 1 aromatic heterocycles. The largest absolute Gasteiger partial charge is 0.612 e. The van der Waals surface area contributed by atoms with Gasteiger partial charge in [0.15, 0.2) is 4.90 Å². The second kappa shape index (κ2) is 7.91. The maximum absolute atomic E-state index is 13.0. The molecule has 0 bridgehead atoms. The van der Waals surface area contributed by atoms with Crippen molar-refractivity contribution in [3.8, 4) is 11.1 Å². The summed E-state index contributed by atoms with van der Waals surface area (Å²) in [5.41, 5.74) is 0.355. The lowest BCUT2D eigenvalue weighted by Crippen LogP contribution is -2.60. The zero-order valence-corrected chi connectivity index (χ0v) is 18.1. The normalized spacial score (nSPS) is 25.4. The van der Waals surface area contributed by atoms with Crippen molar-refractivity contribution in [1.82, 2.24) is 9.47 Å². The highest BCUT2D eigenvalue weighted by Gasteiger charge is 2.54. The summed E-state index contributed by atoms with van der Waals surface area (Å²) in [6.45, 7) is 1.95. The molecule has 1 N–H and O–H groups in total. The van der Waals surface area contributed by atoms with Gasteiger partial charge in [-0.1, -0.05) is 43.2 Å². The van der Waals surface area contributed by atoms with Gasteiger partial charge in [0.1, 0.15) is 6.26 Å². The first-order valence-electron chi connectivity index (χ1n) is 10.4. The van der Waals surface area contributed by atoms with Gasteiger partial charge in [-0.2, -0.15) is 0 Å². The van der Waals surface area contributed by atoms with E-state index in [-0.39, 0.29) is 17.5 Å². The second-order valence-corrected chi connectivity index (χ2v) is 10.2. The van der Waals surface area contributed by atoms with Crippen LogP contribution in [0.2, 0.25) is 0 Å². The van der Waals surface area contributed by atoms with Crippen molar-refractivity contribution < 1.29 is 9.66 Å². The van der Waals surface area contributed by atoms with Crippen molar-refractivity contribution in [1.29, 1.82) is 0 Å². The monoisotopic (exact) mass is 414 g/mol. The minimum atomic E-state index is -1.25. The second-order valence-electron chi connectivity index (χ2n) is 8.84. The predicted octanol–water partition coefficient (Wildman–Crippen LogP) is 2.88. The van der Waals surface area contributed by atoms with E-state index in [1.54, 1.807) is 23.1 Å². The minimum Gasteiger partial charge on any atom is -0.612 e. The van der Waals surface area contributed by atoms with Crippen LogP contribution in [0.15, 0.2) is 52.3 Å². The molecular weight excluding hydrogens is 384 g/mol. The van der Waals surface area contributed by atoms with E-state index in [9.17, 15) is 14.5 Å². The number of hydrogen-bond donors (Lipinski definition) is 1. The van der Waals surface area contributed by atoms with Crippen molar-refractivity contribution >= 4 is 11.2 Å². The number of aromatic nitrogens is 1. The lowest BCUT2D eigenvalue weighted by molar-refractivity contribution is -0.139. The van der Waals surface area contributed by atoms with Crippen LogP contribution < -0.4 is 5.56 Å². The van der Waals surface area contributed by atoms with Gasteiger partial charge >= 0.3 is 0 Å². The van der Waals surface area contributed by atoms with Crippen molar-refractivity contribution in [3.05, 3.63) is 52.9 Å². The first-order chi connectivity index (χ1) is 13.8. The third kappa shape index (κ3) is 3.79. The average molecular weight is 415 g/mol. The molecule has 29 heavy (non-hydrogen) atoms. The van der Waals surface area contributed by atoms with Gasteiger partial charge in [-0.25, -0.2) is 0 Å². The molecule has 2 fully saturated rings. The summed E-state index contributed by atoms with van der Waals surface area (Å²) in [4.78, 5) is 15.9. The molecule has 2 atom stereocenters. The number of likely N-dealkylation sites (tertiary alicyclic amines) is 1. The summed E-state index contributed by atoms with van der Waals surface area (Å²) < 4.78 is 14.1. The molecule has 1 saturated carbocycles. The van der Waals surface area contributed by atoms with Crippen LogP contribution in [-0.4, -0.2) is 51.1 Å². The molecule has 156 valence electrons. The third-order valence-electron chi connectivity index (χ3n) is 6.94. The fourth-order valence-electron chi connectivity index (χ4n) is 5.34. The molecule has 2 heterocycles. The van der Waals surface area contributed by atoms with Gasteiger partial charge < -0.3 is 19.1 Å². The Morgan fingerprint density at radius 3 is 2.52 bits per heavy atom. The first-order valence-corrected chi connectivity index (χ1v) is 11.9. The molecule has 2 aliphatic rings. The maximum atomic E-state index is 13.0. The number of rotatable bonds is 4. The Balaban J connectivity index is 1.74. The molecule has 2 unspecified atom stereocenters. The van der Waals surface area contributed by atoms with Crippen LogP contribution in [0.3, 0.4) is 0 Å². The van der Waals surface area contributed by atoms with E-state index in [1.165, 1.54) is 0 Å². The number of nitrogens with zero attached hydrogens (tertiary/aromatic N) is 2. The SMILES string of the molecule is CN1CCC(O)(Cn2cc([S+](C)[O-])c(-c3ccccc3)cc2=O)C2(CCCC2)C1. The Labute approximate surface area is 175 Å². The van der Waals surface area contributed by atoms with Gasteiger partial charge in [-0.05, 0) is 43.0 Å². The Bertz CT molecular complexity index is 921. The number of aliphatic hydroxyl groups is 1. The smallest absolute Gasteiger partial charge is 0.251 e. The molecule has 1 aliphatic heterocycles. The molecule has 1 aromatic carbocycles. The highest BCUT2D eigenvalue weighted by Crippen LogP contribution is 2.51. The van der Waals surface area contributed by atoms with E-state index >= 15 is 0 Å². The average Bonchev–Trinajstić information content (AvgIpc) is 3.17. The van der Waals surface area contributed by atoms with Crippen LogP contribution in [0.4, 0.5) is 0 Å². The molecule has 1 saturated heterocycles. The van der Waals surface area contributed by atoms with Crippen LogP contribution in [0.1, 0.15) is 32.1 Å². The molecular formula is C23H30N2O3S. The minimum absolute atomic E-state index is 0.154. The van der Waals surface area contributed by atoms with E-state index in [2.05, 4.69) is 11.9 Å². The van der Waals surface area contributed by atoms with Crippen LogP contribution in [-0.2, 0) is 17.7 Å². The summed E-state index contributed by atoms with van der Waals surface area (Å²) in [7, 11) is 2.11. The highest BCUT2D eigenvalue weighted by molar-refractivity contribution is 7.90. The molecule has 6 heteroatoms. The molecule has 0 radical (unpaired) electrons. The Hall–Kier alpha value is -1.60. The maximum Gasteiger partial charge on any atom is 0.251 e. The van der Waals surface area contributed by atoms with Crippen LogP contribution in [0.5, 0.6) is 0 Å². The number of pyridine rings is 1. The van der Waals surface area contributed by atoms with Gasteiger partial charge in [0, 0.05) is 30.1 Å². The van der Waals surface area contributed by atoms with Crippen molar-refractivity contribution in [2.75, 3.05) is 26.4 Å². The standard InChI is InChI=1S/C23H30N2O3S/c1-24-13-12-23(27,22(16-24)10-6-7-11-22)17-25-15-20(29(2)28)19(14-21(25)26)18-8-4-3-5-9-18/h3-5,8-9,14-15,27H,6-7,10-13,16-17H2,1-2H3. The summed E-state index contributed by atoms with van der Waals surface area (Å²) >= 11 is -1.25. The lowest BCUT2D eigenvalue weighted by atomic mass is 9.66. The van der Waals surface area contributed by atoms with Gasteiger partial charge in [0.2, 0.25) is 0 Å². The zero-order valence-electron chi connectivity index (χ0n) is 17.3. The van der Waals surface area contributed by atoms with Gasteiger partial charge in [0.25, 0.3) is 5.56 Å². The molecule has 1 spiro atoms. The number of hydrogen-bond acceptors (Lipinski definition) is 4. The fraction of sp³-hybridized carbons (Fsp3) is 0.522. The Kier molecular flexibility index (Phi) is 5.64. The van der Waals surface area contributed by atoms with E-state index < -0.39 is 16.8 Å². The van der Waals surface area contributed by atoms with E-state index in [0.717, 1.165) is 44.3 Å². The van der Waals surface area contributed by atoms with Crippen molar-refractivity contribution in [2.45, 2.75) is 49.1 Å². The van der Waals surface area contributed by atoms with Crippen LogP contribution >= 0.6 is 0 Å². The molecule has 5 nitrogen and oxygen atoms in total. The fourth-order valence-corrected chi connectivity index (χ4v) is 6.10. The summed E-state index contributed by atoms with van der Waals surface area (Å²) in [5.74, 6) is 0.